The van der Waals surface area contributed by atoms with Gasteiger partial charge in [0, 0.05) is 17.5 Å². The van der Waals surface area contributed by atoms with Gasteiger partial charge in [-0.05, 0) is 25.1 Å². The van der Waals surface area contributed by atoms with Crippen LogP contribution in [-0.4, -0.2) is 25.0 Å². The van der Waals surface area contributed by atoms with E-state index >= 15 is 0 Å². The number of amides is 1. The second kappa shape index (κ2) is 7.89. The number of hydrogen-bond donors (Lipinski definition) is 1. The van der Waals surface area contributed by atoms with Crippen LogP contribution in [0.15, 0.2) is 18.2 Å². The van der Waals surface area contributed by atoms with Gasteiger partial charge in [-0.25, -0.2) is 0 Å². The predicted octanol–water partition coefficient (Wildman–Crippen LogP) is 2.48. The van der Waals surface area contributed by atoms with E-state index in [0.29, 0.717) is 10.9 Å². The molecular formula is C12H14ClNO3S. The van der Waals surface area contributed by atoms with E-state index in [1.165, 1.54) is 17.4 Å². The number of halogens is 1. The molecule has 18 heavy (non-hydrogen) atoms. The Bertz CT molecular complexity index is 442. The highest BCUT2D eigenvalue weighted by atomic mass is 35.5. The molecule has 6 heteroatoms. The zero-order valence-electron chi connectivity index (χ0n) is 9.94. The van der Waals surface area contributed by atoms with Crippen molar-refractivity contribution in [1.29, 1.82) is 0 Å². The molecule has 0 radical (unpaired) electrons. The summed E-state index contributed by atoms with van der Waals surface area (Å²) in [6, 6.07) is 3.60. The molecule has 0 atom stereocenters. The van der Waals surface area contributed by atoms with Gasteiger partial charge in [-0.1, -0.05) is 11.6 Å². The van der Waals surface area contributed by atoms with Crippen LogP contribution in [0.25, 0.3) is 6.08 Å². The Labute approximate surface area is 115 Å². The van der Waals surface area contributed by atoms with Crippen LogP contribution in [0.2, 0.25) is 4.34 Å². The number of rotatable bonds is 6. The minimum Gasteiger partial charge on any atom is -0.466 e. The molecule has 1 heterocycles. The zero-order valence-corrected chi connectivity index (χ0v) is 11.5. The number of hydrogen-bond acceptors (Lipinski definition) is 4. The number of esters is 1. The topological polar surface area (TPSA) is 55.4 Å². The molecule has 0 unspecified atom stereocenters. The summed E-state index contributed by atoms with van der Waals surface area (Å²) < 4.78 is 5.41. The Kier molecular flexibility index (Phi) is 6.46. The van der Waals surface area contributed by atoms with Crippen LogP contribution in [0, 0.1) is 0 Å². The highest BCUT2D eigenvalue weighted by Gasteiger charge is 2.02. The average molecular weight is 288 g/mol. The summed E-state index contributed by atoms with van der Waals surface area (Å²) in [5.41, 5.74) is 0. The standard InChI is InChI=1S/C12H14ClNO3S/c1-2-17-12(16)7-8-14-11(15)6-4-9-3-5-10(13)18-9/h3-6H,2,7-8H2,1H3,(H,14,15). The number of nitrogens with one attached hydrogen (secondary N) is 1. The number of carbonyl (C=O) groups is 2. The van der Waals surface area contributed by atoms with Crippen LogP contribution < -0.4 is 5.32 Å². The quantitative estimate of drug-likeness (QED) is 0.646. The summed E-state index contributed by atoms with van der Waals surface area (Å²) >= 11 is 7.15. The maximum absolute atomic E-state index is 11.4. The van der Waals surface area contributed by atoms with Crippen molar-refractivity contribution in [1.82, 2.24) is 5.32 Å². The maximum atomic E-state index is 11.4. The first-order valence-electron chi connectivity index (χ1n) is 5.48. The SMILES string of the molecule is CCOC(=O)CCNC(=O)C=Cc1ccc(Cl)s1. The monoisotopic (exact) mass is 287 g/mol. The van der Waals surface area contributed by atoms with Crippen molar-refractivity contribution in [3.63, 3.8) is 0 Å². The fourth-order valence-electron chi connectivity index (χ4n) is 1.16. The Hall–Kier alpha value is -1.33. The largest absolute Gasteiger partial charge is 0.466 e. The van der Waals surface area contributed by atoms with Crippen LogP contribution >= 0.6 is 22.9 Å². The first kappa shape index (κ1) is 14.7. The van der Waals surface area contributed by atoms with E-state index in [1.807, 2.05) is 6.07 Å². The lowest BCUT2D eigenvalue weighted by Gasteiger charge is -2.02. The van der Waals surface area contributed by atoms with E-state index in [0.717, 1.165) is 4.88 Å². The fourth-order valence-corrected chi connectivity index (χ4v) is 2.12. The molecule has 0 aliphatic rings. The van der Waals surface area contributed by atoms with Gasteiger partial charge in [-0.2, -0.15) is 0 Å². The molecule has 1 amide bonds. The predicted molar refractivity (Wildman–Crippen MR) is 72.6 cm³/mol. The molecule has 0 fully saturated rings. The van der Waals surface area contributed by atoms with E-state index in [-0.39, 0.29) is 24.8 Å². The molecule has 1 rings (SSSR count). The van der Waals surface area contributed by atoms with Crippen LogP contribution in [-0.2, 0) is 14.3 Å². The maximum Gasteiger partial charge on any atom is 0.307 e. The number of ether oxygens (including phenoxy) is 1. The molecule has 0 aliphatic carbocycles. The van der Waals surface area contributed by atoms with E-state index < -0.39 is 0 Å². The van der Waals surface area contributed by atoms with E-state index in [4.69, 9.17) is 16.3 Å². The van der Waals surface area contributed by atoms with E-state index in [1.54, 1.807) is 19.1 Å². The lowest BCUT2D eigenvalue weighted by molar-refractivity contribution is -0.142. The highest BCUT2D eigenvalue weighted by molar-refractivity contribution is 7.17. The second-order valence-electron chi connectivity index (χ2n) is 3.32. The van der Waals surface area contributed by atoms with Crippen LogP contribution in [0.4, 0.5) is 0 Å². The van der Waals surface area contributed by atoms with Crippen LogP contribution in [0.3, 0.4) is 0 Å². The van der Waals surface area contributed by atoms with Crippen molar-refractivity contribution in [3.8, 4) is 0 Å². The Morgan fingerprint density at radius 1 is 1.50 bits per heavy atom. The molecule has 0 saturated carbocycles. The molecule has 0 saturated heterocycles. The first-order valence-corrected chi connectivity index (χ1v) is 6.68. The summed E-state index contributed by atoms with van der Waals surface area (Å²) in [7, 11) is 0. The average Bonchev–Trinajstić information content (AvgIpc) is 2.73. The molecule has 0 aliphatic heterocycles. The highest BCUT2D eigenvalue weighted by Crippen LogP contribution is 2.22. The van der Waals surface area contributed by atoms with Gasteiger partial charge in [-0.3, -0.25) is 9.59 Å². The second-order valence-corrected chi connectivity index (χ2v) is 5.07. The van der Waals surface area contributed by atoms with Gasteiger partial charge in [0.2, 0.25) is 5.91 Å². The van der Waals surface area contributed by atoms with E-state index in [9.17, 15) is 9.59 Å². The van der Waals surface area contributed by atoms with Gasteiger partial charge in [-0.15, -0.1) is 11.3 Å². The summed E-state index contributed by atoms with van der Waals surface area (Å²) in [5, 5.41) is 2.59. The third-order valence-corrected chi connectivity index (χ3v) is 3.12. The summed E-state index contributed by atoms with van der Waals surface area (Å²) in [4.78, 5) is 23.3. The van der Waals surface area contributed by atoms with Gasteiger partial charge in [0.05, 0.1) is 17.4 Å². The Morgan fingerprint density at radius 3 is 2.89 bits per heavy atom. The van der Waals surface area contributed by atoms with Gasteiger partial charge in [0.1, 0.15) is 0 Å². The lowest BCUT2D eigenvalue weighted by atomic mass is 10.4. The van der Waals surface area contributed by atoms with Gasteiger partial charge in [0.15, 0.2) is 0 Å². The van der Waals surface area contributed by atoms with Gasteiger partial charge < -0.3 is 10.1 Å². The smallest absolute Gasteiger partial charge is 0.307 e. The Morgan fingerprint density at radius 2 is 2.28 bits per heavy atom. The summed E-state index contributed by atoms with van der Waals surface area (Å²) in [6.45, 7) is 2.37. The minimum atomic E-state index is -0.313. The molecule has 0 spiro atoms. The van der Waals surface area contributed by atoms with Crippen molar-refractivity contribution in [2.24, 2.45) is 0 Å². The summed E-state index contributed by atoms with van der Waals surface area (Å²) in [6.07, 6.45) is 3.27. The van der Waals surface area contributed by atoms with Gasteiger partial charge >= 0.3 is 5.97 Å². The number of carbonyl (C=O) groups excluding carboxylic acids is 2. The molecule has 98 valence electrons. The number of thiophene rings is 1. The molecular weight excluding hydrogens is 274 g/mol. The van der Waals surface area contributed by atoms with Crippen molar-refractivity contribution >= 4 is 40.9 Å². The first-order chi connectivity index (χ1) is 8.61. The zero-order chi connectivity index (χ0) is 13.4. The van der Waals surface area contributed by atoms with Crippen molar-refractivity contribution < 1.29 is 14.3 Å². The minimum absolute atomic E-state index is 0.179. The molecule has 1 aromatic heterocycles. The van der Waals surface area contributed by atoms with Gasteiger partial charge in [0.25, 0.3) is 0 Å². The lowest BCUT2D eigenvalue weighted by Crippen LogP contribution is -2.24. The van der Waals surface area contributed by atoms with Crippen LogP contribution in [0.1, 0.15) is 18.2 Å². The third-order valence-electron chi connectivity index (χ3n) is 1.93. The summed E-state index contributed by atoms with van der Waals surface area (Å²) in [5.74, 6) is -0.560. The molecule has 0 aromatic carbocycles. The third kappa shape index (κ3) is 5.84. The normalized spacial score (nSPS) is 10.6. The molecule has 0 bridgehead atoms. The van der Waals surface area contributed by atoms with Crippen molar-refractivity contribution in [2.45, 2.75) is 13.3 Å². The molecule has 4 nitrogen and oxygen atoms in total. The van der Waals surface area contributed by atoms with Crippen LogP contribution in [0.5, 0.6) is 0 Å². The van der Waals surface area contributed by atoms with Crippen molar-refractivity contribution in [2.75, 3.05) is 13.2 Å². The fraction of sp³-hybridized carbons (Fsp3) is 0.333. The van der Waals surface area contributed by atoms with E-state index in [2.05, 4.69) is 5.32 Å². The Balaban J connectivity index is 2.25. The van der Waals surface area contributed by atoms with Crippen molar-refractivity contribution in [3.05, 3.63) is 27.4 Å². The molecule has 1 N–H and O–H groups in total. The molecule has 1 aromatic rings.